The van der Waals surface area contributed by atoms with E-state index in [9.17, 15) is 0 Å². The van der Waals surface area contributed by atoms with Gasteiger partial charge in [0.15, 0.2) is 0 Å². The summed E-state index contributed by atoms with van der Waals surface area (Å²) in [7, 11) is 2.08. The summed E-state index contributed by atoms with van der Waals surface area (Å²) in [5.74, 6) is 0. The number of rotatable bonds is 7. The molecule has 30 heavy (non-hydrogen) atoms. The highest BCUT2D eigenvalue weighted by Gasteiger charge is 2.29. The summed E-state index contributed by atoms with van der Waals surface area (Å²) in [5.41, 5.74) is 3.53. The Bertz CT molecular complexity index is 1050. The fraction of sp³-hybridized carbons (Fsp3) is 0.348. The summed E-state index contributed by atoms with van der Waals surface area (Å²) in [6, 6.07) is 7.99. The molecule has 0 radical (unpaired) electrons. The maximum atomic E-state index is 6.54. The first-order valence-corrected chi connectivity index (χ1v) is 10.8. The smallest absolute Gasteiger partial charge is 0.0938 e. The minimum Gasteiger partial charge on any atom is -0.315 e. The summed E-state index contributed by atoms with van der Waals surface area (Å²) >= 11 is 6.54. The molecule has 0 bridgehead atoms. The predicted octanol–water partition coefficient (Wildman–Crippen LogP) is 4.40. The molecule has 0 spiro atoms. The van der Waals surface area contributed by atoms with Gasteiger partial charge in [-0.3, -0.25) is 15.0 Å². The van der Waals surface area contributed by atoms with Crippen molar-refractivity contribution in [3.8, 4) is 11.3 Å². The van der Waals surface area contributed by atoms with Crippen LogP contribution in [0.15, 0.2) is 55.1 Å². The second kappa shape index (κ2) is 9.08. The van der Waals surface area contributed by atoms with E-state index in [-0.39, 0.29) is 6.04 Å². The highest BCUT2D eigenvalue weighted by Crippen LogP contribution is 2.35. The third-order valence-electron chi connectivity index (χ3n) is 5.69. The van der Waals surface area contributed by atoms with Gasteiger partial charge in [0.25, 0.3) is 0 Å². The Hall–Kier alpha value is -2.54. The SMILES string of the molecule is CCN(CC)CCN1C(c2nccnc2-c2cc(Cl)c3ncccc3c2)C=CN1C. The fourth-order valence-electron chi connectivity index (χ4n) is 3.97. The van der Waals surface area contributed by atoms with E-state index in [0.717, 1.165) is 54.0 Å². The first kappa shape index (κ1) is 20.7. The molecule has 1 aliphatic heterocycles. The highest BCUT2D eigenvalue weighted by atomic mass is 35.5. The van der Waals surface area contributed by atoms with Crippen LogP contribution in [0.4, 0.5) is 0 Å². The Morgan fingerprint density at radius 3 is 2.67 bits per heavy atom. The van der Waals surface area contributed by atoms with E-state index < -0.39 is 0 Å². The van der Waals surface area contributed by atoms with Gasteiger partial charge < -0.3 is 9.91 Å². The van der Waals surface area contributed by atoms with Gasteiger partial charge in [0.1, 0.15) is 0 Å². The van der Waals surface area contributed by atoms with E-state index >= 15 is 0 Å². The average Bonchev–Trinajstić information content (AvgIpc) is 3.14. The second-order valence-electron chi connectivity index (χ2n) is 7.37. The van der Waals surface area contributed by atoms with Crippen LogP contribution in [0, 0.1) is 0 Å². The first-order valence-electron chi connectivity index (χ1n) is 10.4. The van der Waals surface area contributed by atoms with Crippen molar-refractivity contribution >= 4 is 22.5 Å². The number of halogens is 1. The predicted molar refractivity (Wildman–Crippen MR) is 122 cm³/mol. The second-order valence-corrected chi connectivity index (χ2v) is 7.78. The standard InChI is InChI=1S/C23H27ClN6/c1-4-29(5-2)13-14-30-20(8-12-28(30)3)23-22(26-10-11-27-23)18-15-17-7-6-9-25-21(17)19(24)16-18/h6-12,15-16,20H,4-5,13-14H2,1-3H3. The largest absolute Gasteiger partial charge is 0.315 e. The van der Waals surface area contributed by atoms with Gasteiger partial charge in [-0.1, -0.05) is 31.5 Å². The number of pyridine rings is 1. The van der Waals surface area contributed by atoms with E-state index in [1.165, 1.54) is 0 Å². The zero-order chi connectivity index (χ0) is 21.1. The fourth-order valence-corrected chi connectivity index (χ4v) is 4.25. The maximum Gasteiger partial charge on any atom is 0.0938 e. The van der Waals surface area contributed by atoms with Crippen molar-refractivity contribution in [2.24, 2.45) is 0 Å². The molecule has 3 aromatic rings. The lowest BCUT2D eigenvalue weighted by Gasteiger charge is -2.33. The van der Waals surface area contributed by atoms with E-state index in [1.807, 2.05) is 18.2 Å². The van der Waals surface area contributed by atoms with Gasteiger partial charge in [0.05, 0.1) is 28.0 Å². The molecule has 1 aromatic carbocycles. The van der Waals surface area contributed by atoms with Gasteiger partial charge in [-0.15, -0.1) is 0 Å². The molecular weight excluding hydrogens is 396 g/mol. The Morgan fingerprint density at radius 2 is 1.87 bits per heavy atom. The van der Waals surface area contributed by atoms with E-state index in [1.54, 1.807) is 18.6 Å². The third-order valence-corrected chi connectivity index (χ3v) is 5.98. The monoisotopic (exact) mass is 422 g/mol. The molecule has 1 atom stereocenters. The Labute approximate surface area is 182 Å². The Kier molecular flexibility index (Phi) is 6.27. The number of benzene rings is 1. The van der Waals surface area contributed by atoms with Crippen LogP contribution in [-0.4, -0.2) is 63.1 Å². The van der Waals surface area contributed by atoms with Gasteiger partial charge in [-0.05, 0) is 37.4 Å². The van der Waals surface area contributed by atoms with Crippen LogP contribution in [0.1, 0.15) is 25.6 Å². The van der Waals surface area contributed by atoms with Gasteiger partial charge in [0, 0.05) is 55.9 Å². The molecule has 156 valence electrons. The molecule has 0 fully saturated rings. The molecule has 0 N–H and O–H groups in total. The van der Waals surface area contributed by atoms with E-state index in [4.69, 9.17) is 21.6 Å². The lowest BCUT2D eigenvalue weighted by atomic mass is 10.0. The van der Waals surface area contributed by atoms with Crippen molar-refractivity contribution in [2.75, 3.05) is 33.2 Å². The quantitative estimate of drug-likeness (QED) is 0.562. The third kappa shape index (κ3) is 4.03. The van der Waals surface area contributed by atoms with E-state index in [0.29, 0.717) is 5.02 Å². The summed E-state index contributed by atoms with van der Waals surface area (Å²) in [6.07, 6.45) is 9.54. The molecule has 4 rings (SSSR count). The van der Waals surface area contributed by atoms with E-state index in [2.05, 4.69) is 59.1 Å². The molecular formula is C23H27ClN6. The molecule has 6 nitrogen and oxygen atoms in total. The molecule has 0 saturated heterocycles. The molecule has 3 heterocycles. The maximum absolute atomic E-state index is 6.54. The zero-order valence-corrected chi connectivity index (χ0v) is 18.4. The van der Waals surface area contributed by atoms with Crippen molar-refractivity contribution in [1.29, 1.82) is 0 Å². The Morgan fingerprint density at radius 1 is 1.07 bits per heavy atom. The van der Waals surface area contributed by atoms with Gasteiger partial charge in [-0.25, -0.2) is 5.01 Å². The summed E-state index contributed by atoms with van der Waals surface area (Å²) in [5, 5.41) is 6.09. The number of nitrogens with zero attached hydrogens (tertiary/aromatic N) is 6. The van der Waals surface area contributed by atoms with Crippen LogP contribution in [0.5, 0.6) is 0 Å². The normalized spacial score (nSPS) is 16.8. The number of hydrogen-bond donors (Lipinski definition) is 0. The van der Waals surface area contributed by atoms with Crippen LogP contribution in [-0.2, 0) is 0 Å². The van der Waals surface area contributed by atoms with Crippen molar-refractivity contribution in [2.45, 2.75) is 19.9 Å². The summed E-state index contributed by atoms with van der Waals surface area (Å²) in [4.78, 5) is 16.3. The van der Waals surface area contributed by atoms with Crippen LogP contribution < -0.4 is 0 Å². The van der Waals surface area contributed by atoms with Crippen molar-refractivity contribution < 1.29 is 0 Å². The average molecular weight is 423 g/mol. The molecule has 0 aliphatic carbocycles. The Balaban J connectivity index is 1.70. The molecule has 1 aliphatic rings. The number of fused-ring (bicyclic) bond motifs is 1. The summed E-state index contributed by atoms with van der Waals surface area (Å²) < 4.78 is 0. The molecule has 1 unspecified atom stereocenters. The first-order chi connectivity index (χ1) is 14.6. The van der Waals surface area contributed by atoms with Crippen LogP contribution in [0.25, 0.3) is 22.2 Å². The topological polar surface area (TPSA) is 48.4 Å². The van der Waals surface area contributed by atoms with Crippen molar-refractivity contribution in [1.82, 2.24) is 29.9 Å². The number of aromatic nitrogens is 3. The van der Waals surface area contributed by atoms with Gasteiger partial charge in [-0.2, -0.15) is 0 Å². The summed E-state index contributed by atoms with van der Waals surface area (Å²) in [6.45, 7) is 8.41. The minimum atomic E-state index is 0.0256. The van der Waals surface area contributed by atoms with Crippen LogP contribution >= 0.6 is 11.6 Å². The van der Waals surface area contributed by atoms with Crippen LogP contribution in [0.2, 0.25) is 5.02 Å². The minimum absolute atomic E-state index is 0.0256. The molecule has 2 aromatic heterocycles. The number of likely N-dealkylation sites (N-methyl/N-ethyl adjacent to an activating group) is 1. The number of hydrazine groups is 1. The molecule has 0 saturated carbocycles. The van der Waals surface area contributed by atoms with Crippen molar-refractivity contribution in [3.63, 3.8) is 0 Å². The lowest BCUT2D eigenvalue weighted by molar-refractivity contribution is 0.0283. The van der Waals surface area contributed by atoms with Gasteiger partial charge >= 0.3 is 0 Å². The lowest BCUT2D eigenvalue weighted by Crippen LogP contribution is -2.41. The zero-order valence-electron chi connectivity index (χ0n) is 17.7. The van der Waals surface area contributed by atoms with Crippen LogP contribution in [0.3, 0.4) is 0 Å². The van der Waals surface area contributed by atoms with Crippen molar-refractivity contribution in [3.05, 3.63) is 65.8 Å². The molecule has 7 heteroatoms. The number of hydrogen-bond acceptors (Lipinski definition) is 6. The van der Waals surface area contributed by atoms with Gasteiger partial charge in [0.2, 0.25) is 0 Å². The molecule has 0 amide bonds. The highest BCUT2D eigenvalue weighted by molar-refractivity contribution is 6.35.